The molecule has 0 atom stereocenters. The number of carbonyl (C=O) groups excluding carboxylic acids is 1. The third kappa shape index (κ3) is 2.16. The van der Waals surface area contributed by atoms with Crippen molar-refractivity contribution in [2.24, 2.45) is 0 Å². The molecule has 7 heteroatoms. The first-order valence-corrected chi connectivity index (χ1v) is 5.98. The normalized spacial score (nSPS) is 11.8. The molecule has 0 spiro atoms. The smallest absolute Gasteiger partial charge is 0.296 e. The Morgan fingerprint density at radius 3 is 2.48 bits per heavy atom. The average molecular weight is 291 g/mol. The van der Waals surface area contributed by atoms with Crippen molar-refractivity contribution >= 4 is 17.1 Å². The lowest BCUT2D eigenvalue weighted by Gasteiger charge is -2.11. The van der Waals surface area contributed by atoms with E-state index in [0.717, 1.165) is 5.39 Å². The van der Waals surface area contributed by atoms with Crippen molar-refractivity contribution in [2.75, 3.05) is 0 Å². The Hall–Kier alpha value is -2.70. The Morgan fingerprint density at radius 1 is 1.05 bits per heavy atom. The van der Waals surface area contributed by atoms with Gasteiger partial charge in [0, 0.05) is 5.39 Å². The van der Waals surface area contributed by atoms with Crippen molar-refractivity contribution in [3.63, 3.8) is 0 Å². The first-order chi connectivity index (χ1) is 10.0. The van der Waals surface area contributed by atoms with Gasteiger partial charge in [0.15, 0.2) is 17.7 Å². The SMILES string of the molecule is O=Cc1nnn(-c2cccc3ccccc23)c1C(F)(F)F. The number of nitrogens with zero attached hydrogens (tertiary/aromatic N) is 3. The standard InChI is InChI=1S/C14H8F3N3O/c15-14(16,17)13-11(8-21)18-19-20(13)12-7-3-5-9-4-1-2-6-10(9)12/h1-8H. The molecule has 0 amide bonds. The zero-order chi connectivity index (χ0) is 15.0. The fourth-order valence-corrected chi connectivity index (χ4v) is 2.20. The molecule has 21 heavy (non-hydrogen) atoms. The molecule has 0 aliphatic heterocycles. The van der Waals surface area contributed by atoms with Gasteiger partial charge in [0.1, 0.15) is 0 Å². The van der Waals surface area contributed by atoms with E-state index < -0.39 is 17.6 Å². The van der Waals surface area contributed by atoms with E-state index in [1.54, 1.807) is 36.4 Å². The van der Waals surface area contributed by atoms with Crippen LogP contribution in [0.5, 0.6) is 0 Å². The average Bonchev–Trinajstić information content (AvgIpc) is 2.90. The van der Waals surface area contributed by atoms with Crippen LogP contribution in [0.15, 0.2) is 42.5 Å². The largest absolute Gasteiger partial charge is 0.435 e. The molecule has 0 radical (unpaired) electrons. The van der Waals surface area contributed by atoms with Crippen LogP contribution in [-0.4, -0.2) is 21.3 Å². The first kappa shape index (κ1) is 13.3. The van der Waals surface area contributed by atoms with Gasteiger partial charge in [0.2, 0.25) is 0 Å². The summed E-state index contributed by atoms with van der Waals surface area (Å²) in [6, 6.07) is 11.9. The zero-order valence-corrected chi connectivity index (χ0v) is 10.5. The Balaban J connectivity index is 2.34. The van der Waals surface area contributed by atoms with E-state index in [0.29, 0.717) is 10.1 Å². The predicted molar refractivity (Wildman–Crippen MR) is 69.3 cm³/mol. The van der Waals surface area contributed by atoms with Crippen LogP contribution in [0.1, 0.15) is 16.2 Å². The van der Waals surface area contributed by atoms with Crippen LogP contribution in [0.2, 0.25) is 0 Å². The van der Waals surface area contributed by atoms with E-state index in [2.05, 4.69) is 10.3 Å². The number of benzene rings is 2. The molecule has 0 bridgehead atoms. The van der Waals surface area contributed by atoms with Crippen molar-refractivity contribution in [2.45, 2.75) is 6.18 Å². The fraction of sp³-hybridized carbons (Fsp3) is 0.0714. The molecular weight excluding hydrogens is 283 g/mol. The monoisotopic (exact) mass is 291 g/mol. The summed E-state index contributed by atoms with van der Waals surface area (Å²) in [6.07, 6.45) is -4.67. The van der Waals surface area contributed by atoms with Crippen LogP contribution in [0, 0.1) is 0 Å². The van der Waals surface area contributed by atoms with Crippen LogP contribution >= 0.6 is 0 Å². The summed E-state index contributed by atoms with van der Waals surface area (Å²) in [5, 5.41) is 8.16. The van der Waals surface area contributed by atoms with Crippen LogP contribution < -0.4 is 0 Å². The third-order valence-corrected chi connectivity index (χ3v) is 3.07. The van der Waals surface area contributed by atoms with Gasteiger partial charge in [0.25, 0.3) is 0 Å². The second kappa shape index (κ2) is 4.69. The summed E-state index contributed by atoms with van der Waals surface area (Å²) < 4.78 is 40.1. The molecule has 0 N–H and O–H groups in total. The maximum atomic E-state index is 13.2. The van der Waals surface area contributed by atoms with E-state index in [1.807, 2.05) is 0 Å². The third-order valence-electron chi connectivity index (χ3n) is 3.07. The molecule has 0 saturated carbocycles. The molecule has 4 nitrogen and oxygen atoms in total. The van der Waals surface area contributed by atoms with Crippen molar-refractivity contribution in [3.8, 4) is 5.69 Å². The maximum Gasteiger partial charge on any atom is 0.435 e. The van der Waals surface area contributed by atoms with E-state index in [1.165, 1.54) is 6.07 Å². The van der Waals surface area contributed by atoms with Gasteiger partial charge in [-0.05, 0) is 11.5 Å². The number of hydrogen-bond donors (Lipinski definition) is 0. The highest BCUT2D eigenvalue weighted by atomic mass is 19.4. The first-order valence-electron chi connectivity index (χ1n) is 5.98. The molecule has 0 aliphatic carbocycles. The van der Waals surface area contributed by atoms with Crippen molar-refractivity contribution in [1.82, 2.24) is 15.0 Å². The van der Waals surface area contributed by atoms with Gasteiger partial charge >= 0.3 is 6.18 Å². The lowest BCUT2D eigenvalue weighted by Crippen LogP contribution is -2.15. The molecule has 0 saturated heterocycles. The van der Waals surface area contributed by atoms with E-state index in [-0.39, 0.29) is 12.0 Å². The minimum Gasteiger partial charge on any atom is -0.296 e. The maximum absolute atomic E-state index is 13.2. The van der Waals surface area contributed by atoms with Gasteiger partial charge in [-0.1, -0.05) is 41.6 Å². The summed E-state index contributed by atoms with van der Waals surface area (Å²) in [6.45, 7) is 0. The lowest BCUT2D eigenvalue weighted by molar-refractivity contribution is -0.143. The second-order valence-corrected chi connectivity index (χ2v) is 4.35. The summed E-state index contributed by atoms with van der Waals surface area (Å²) in [5.74, 6) is 0. The summed E-state index contributed by atoms with van der Waals surface area (Å²) >= 11 is 0. The van der Waals surface area contributed by atoms with Gasteiger partial charge in [-0.15, -0.1) is 5.10 Å². The highest BCUT2D eigenvalue weighted by Gasteiger charge is 2.40. The van der Waals surface area contributed by atoms with Crippen LogP contribution in [0.4, 0.5) is 13.2 Å². The summed E-state index contributed by atoms with van der Waals surface area (Å²) in [4.78, 5) is 10.8. The molecule has 2 aromatic carbocycles. The van der Waals surface area contributed by atoms with Crippen LogP contribution in [0.3, 0.4) is 0 Å². The van der Waals surface area contributed by atoms with E-state index >= 15 is 0 Å². The Kier molecular flexibility index (Phi) is 2.97. The topological polar surface area (TPSA) is 47.8 Å². The molecule has 0 fully saturated rings. The summed E-state index contributed by atoms with van der Waals surface area (Å²) in [5.41, 5.74) is -1.68. The quantitative estimate of drug-likeness (QED) is 0.681. The molecule has 3 aromatic rings. The lowest BCUT2D eigenvalue weighted by atomic mass is 10.1. The number of aldehydes is 1. The zero-order valence-electron chi connectivity index (χ0n) is 10.5. The number of fused-ring (bicyclic) bond motifs is 1. The molecule has 106 valence electrons. The van der Waals surface area contributed by atoms with Crippen molar-refractivity contribution < 1.29 is 18.0 Å². The Labute approximate surface area is 116 Å². The highest BCUT2D eigenvalue weighted by Crippen LogP contribution is 2.33. The van der Waals surface area contributed by atoms with Crippen LogP contribution in [-0.2, 0) is 6.18 Å². The van der Waals surface area contributed by atoms with Gasteiger partial charge in [-0.3, -0.25) is 4.79 Å². The molecule has 0 aliphatic rings. The fourth-order valence-electron chi connectivity index (χ4n) is 2.20. The van der Waals surface area contributed by atoms with E-state index in [4.69, 9.17) is 0 Å². The van der Waals surface area contributed by atoms with Crippen molar-refractivity contribution in [1.29, 1.82) is 0 Å². The van der Waals surface area contributed by atoms with Gasteiger partial charge < -0.3 is 0 Å². The van der Waals surface area contributed by atoms with Gasteiger partial charge in [-0.25, -0.2) is 4.68 Å². The number of alkyl halides is 3. The predicted octanol–water partition coefficient (Wildman–Crippen LogP) is 3.25. The van der Waals surface area contributed by atoms with Gasteiger partial charge in [0.05, 0.1) is 5.69 Å². The number of halogens is 3. The number of carbonyl (C=O) groups is 1. The number of hydrogen-bond acceptors (Lipinski definition) is 3. The van der Waals surface area contributed by atoms with E-state index in [9.17, 15) is 18.0 Å². The summed E-state index contributed by atoms with van der Waals surface area (Å²) in [7, 11) is 0. The molecule has 3 rings (SSSR count). The molecule has 0 unspecified atom stereocenters. The van der Waals surface area contributed by atoms with Crippen molar-refractivity contribution in [3.05, 3.63) is 53.9 Å². The van der Waals surface area contributed by atoms with Gasteiger partial charge in [-0.2, -0.15) is 13.2 Å². The number of aromatic nitrogens is 3. The number of rotatable bonds is 2. The Bertz CT molecular complexity index is 818. The highest BCUT2D eigenvalue weighted by molar-refractivity contribution is 5.90. The van der Waals surface area contributed by atoms with Crippen LogP contribution in [0.25, 0.3) is 16.5 Å². The Morgan fingerprint density at radius 2 is 1.76 bits per heavy atom. The molecular formula is C14H8F3N3O. The molecule has 1 aromatic heterocycles. The minimum atomic E-state index is -4.73. The molecule has 1 heterocycles. The second-order valence-electron chi connectivity index (χ2n) is 4.35. The minimum absolute atomic E-state index is 0.0530.